The molecule has 1 aliphatic rings. The van der Waals surface area contributed by atoms with E-state index in [0.29, 0.717) is 11.8 Å². The summed E-state index contributed by atoms with van der Waals surface area (Å²) in [6.07, 6.45) is 4.18. The molecule has 0 aliphatic heterocycles. The maximum absolute atomic E-state index is 10.7. The molecule has 2 nitrogen and oxygen atoms in total. The Morgan fingerprint density at radius 3 is 2.20 bits per heavy atom. The van der Waals surface area contributed by atoms with Crippen LogP contribution in [0.4, 0.5) is 0 Å². The molecule has 0 aromatic heterocycles. The number of methoxy groups -OCH3 is 1. The van der Waals surface area contributed by atoms with E-state index in [2.05, 4.69) is 13.8 Å². The summed E-state index contributed by atoms with van der Waals surface area (Å²) in [5.41, 5.74) is 1.07. The fourth-order valence-corrected chi connectivity index (χ4v) is 3.18. The highest BCUT2D eigenvalue weighted by Crippen LogP contribution is 2.43. The first kappa shape index (κ1) is 15.8. The molecule has 112 valence electrons. The highest BCUT2D eigenvalue weighted by atomic mass is 35.5. The van der Waals surface area contributed by atoms with E-state index in [-0.39, 0.29) is 0 Å². The van der Waals surface area contributed by atoms with Crippen molar-refractivity contribution in [3.05, 3.63) is 34.9 Å². The topological polar surface area (TPSA) is 29.5 Å². The van der Waals surface area contributed by atoms with Crippen molar-refractivity contribution in [2.24, 2.45) is 5.41 Å². The first-order chi connectivity index (χ1) is 9.37. The van der Waals surface area contributed by atoms with Crippen molar-refractivity contribution < 1.29 is 9.84 Å². The Kier molecular flexibility index (Phi) is 4.78. The Bertz CT molecular complexity index is 429. The summed E-state index contributed by atoms with van der Waals surface area (Å²) >= 11 is 5.90. The lowest BCUT2D eigenvalue weighted by Gasteiger charge is -2.45. The standard InChI is InChI=1S/C17H25ClO2/c1-16(2)8-10-17(20-3,11-9-16)15(19)12-13-4-6-14(18)7-5-13/h4-7,15,19H,8-12H2,1-3H3. The predicted molar refractivity (Wildman–Crippen MR) is 83.2 cm³/mol. The second-order valence-electron chi connectivity index (χ2n) is 6.78. The van der Waals surface area contributed by atoms with Gasteiger partial charge in [0.05, 0.1) is 11.7 Å². The van der Waals surface area contributed by atoms with Crippen molar-refractivity contribution in [2.75, 3.05) is 7.11 Å². The van der Waals surface area contributed by atoms with Crippen molar-refractivity contribution in [1.82, 2.24) is 0 Å². The Morgan fingerprint density at radius 1 is 1.15 bits per heavy atom. The van der Waals surface area contributed by atoms with Crippen LogP contribution in [0.1, 0.15) is 45.1 Å². The summed E-state index contributed by atoms with van der Waals surface area (Å²) < 4.78 is 5.75. The third kappa shape index (κ3) is 3.55. The van der Waals surface area contributed by atoms with Crippen LogP contribution in [0, 0.1) is 5.41 Å². The third-order valence-electron chi connectivity index (χ3n) is 4.81. The molecule has 0 spiro atoms. The largest absolute Gasteiger partial charge is 0.390 e. The molecule has 1 aromatic rings. The molecule has 1 unspecified atom stereocenters. The van der Waals surface area contributed by atoms with Crippen LogP contribution < -0.4 is 0 Å². The Hall–Kier alpha value is -0.570. The van der Waals surface area contributed by atoms with Gasteiger partial charge in [-0.1, -0.05) is 37.6 Å². The summed E-state index contributed by atoms with van der Waals surface area (Å²) in [7, 11) is 1.73. The fraction of sp³-hybridized carbons (Fsp3) is 0.647. The molecular formula is C17H25ClO2. The van der Waals surface area contributed by atoms with E-state index in [1.165, 1.54) is 0 Å². The van der Waals surface area contributed by atoms with Crippen LogP contribution in [0.3, 0.4) is 0 Å². The number of hydrogen-bond donors (Lipinski definition) is 1. The number of rotatable bonds is 4. The van der Waals surface area contributed by atoms with E-state index in [1.54, 1.807) is 7.11 Å². The highest BCUT2D eigenvalue weighted by molar-refractivity contribution is 6.30. The number of aliphatic hydroxyl groups is 1. The molecule has 0 radical (unpaired) electrons. The van der Waals surface area contributed by atoms with Gasteiger partial charge in [0.25, 0.3) is 0 Å². The van der Waals surface area contributed by atoms with Crippen LogP contribution in [0.25, 0.3) is 0 Å². The second-order valence-corrected chi connectivity index (χ2v) is 7.22. The average molecular weight is 297 g/mol. The Balaban J connectivity index is 2.06. The summed E-state index contributed by atoms with van der Waals surface area (Å²) in [6, 6.07) is 7.68. The van der Waals surface area contributed by atoms with Crippen molar-refractivity contribution in [1.29, 1.82) is 0 Å². The lowest BCUT2D eigenvalue weighted by molar-refractivity contribution is -0.135. The van der Waals surface area contributed by atoms with Gasteiger partial charge in [-0.2, -0.15) is 0 Å². The van der Waals surface area contributed by atoms with E-state index in [4.69, 9.17) is 16.3 Å². The highest BCUT2D eigenvalue weighted by Gasteiger charge is 2.43. The van der Waals surface area contributed by atoms with Gasteiger partial charge in [-0.3, -0.25) is 0 Å². The van der Waals surface area contributed by atoms with Crippen LogP contribution >= 0.6 is 11.6 Å². The van der Waals surface area contributed by atoms with E-state index in [1.807, 2.05) is 24.3 Å². The van der Waals surface area contributed by atoms with Gasteiger partial charge < -0.3 is 9.84 Å². The van der Waals surface area contributed by atoms with Crippen molar-refractivity contribution in [2.45, 2.75) is 57.7 Å². The lowest BCUT2D eigenvalue weighted by Crippen LogP contribution is -2.49. The van der Waals surface area contributed by atoms with Gasteiger partial charge >= 0.3 is 0 Å². The van der Waals surface area contributed by atoms with Crippen LogP contribution in [0.2, 0.25) is 5.02 Å². The monoisotopic (exact) mass is 296 g/mol. The predicted octanol–water partition coefficient (Wildman–Crippen LogP) is 4.23. The zero-order chi connectivity index (χ0) is 14.8. The van der Waals surface area contributed by atoms with Crippen LogP contribution in [0.15, 0.2) is 24.3 Å². The molecule has 3 heteroatoms. The van der Waals surface area contributed by atoms with Gasteiger partial charge in [0.1, 0.15) is 0 Å². The number of hydrogen-bond acceptors (Lipinski definition) is 2. The lowest BCUT2D eigenvalue weighted by atomic mass is 9.68. The normalized spacial score (nSPS) is 22.4. The number of halogens is 1. The summed E-state index contributed by atoms with van der Waals surface area (Å²) in [6.45, 7) is 4.58. The average Bonchev–Trinajstić information content (AvgIpc) is 2.42. The van der Waals surface area contributed by atoms with Crippen molar-refractivity contribution in [3.8, 4) is 0 Å². The second kappa shape index (κ2) is 6.05. The van der Waals surface area contributed by atoms with Gasteiger partial charge in [0, 0.05) is 18.6 Å². The molecule has 0 heterocycles. The first-order valence-corrected chi connectivity index (χ1v) is 7.72. The summed E-state index contributed by atoms with van der Waals surface area (Å²) in [5.74, 6) is 0. The molecule has 1 aliphatic carbocycles. The quantitative estimate of drug-likeness (QED) is 0.901. The number of aliphatic hydroxyl groups excluding tert-OH is 1. The van der Waals surface area contributed by atoms with Gasteiger partial charge in [-0.25, -0.2) is 0 Å². The number of benzene rings is 1. The maximum Gasteiger partial charge on any atom is 0.0940 e. The maximum atomic E-state index is 10.7. The van der Waals surface area contributed by atoms with E-state index < -0.39 is 11.7 Å². The van der Waals surface area contributed by atoms with Gasteiger partial charge in [0.2, 0.25) is 0 Å². The van der Waals surface area contributed by atoms with Gasteiger partial charge in [-0.05, 0) is 48.8 Å². The zero-order valence-corrected chi connectivity index (χ0v) is 13.4. The summed E-state index contributed by atoms with van der Waals surface area (Å²) in [5, 5.41) is 11.4. The molecule has 0 amide bonds. The fourth-order valence-electron chi connectivity index (χ4n) is 3.05. The zero-order valence-electron chi connectivity index (χ0n) is 12.7. The SMILES string of the molecule is COC1(C(O)Cc2ccc(Cl)cc2)CCC(C)(C)CC1. The van der Waals surface area contributed by atoms with Crippen LogP contribution in [-0.2, 0) is 11.2 Å². The summed E-state index contributed by atoms with van der Waals surface area (Å²) in [4.78, 5) is 0. The first-order valence-electron chi connectivity index (χ1n) is 7.35. The molecule has 2 rings (SSSR count). The van der Waals surface area contributed by atoms with Crippen LogP contribution in [0.5, 0.6) is 0 Å². The molecule has 20 heavy (non-hydrogen) atoms. The van der Waals surface area contributed by atoms with Crippen LogP contribution in [-0.4, -0.2) is 23.9 Å². The molecule has 1 saturated carbocycles. The Morgan fingerprint density at radius 2 is 1.70 bits per heavy atom. The number of ether oxygens (including phenoxy) is 1. The smallest absolute Gasteiger partial charge is 0.0940 e. The molecule has 0 bridgehead atoms. The van der Waals surface area contributed by atoms with Gasteiger partial charge in [-0.15, -0.1) is 0 Å². The van der Waals surface area contributed by atoms with Crippen molar-refractivity contribution >= 4 is 11.6 Å². The minimum atomic E-state index is -0.468. The van der Waals surface area contributed by atoms with Crippen molar-refractivity contribution in [3.63, 3.8) is 0 Å². The van der Waals surface area contributed by atoms with E-state index in [0.717, 1.165) is 36.3 Å². The van der Waals surface area contributed by atoms with E-state index >= 15 is 0 Å². The Labute approximate surface area is 127 Å². The van der Waals surface area contributed by atoms with E-state index in [9.17, 15) is 5.11 Å². The van der Waals surface area contributed by atoms with Gasteiger partial charge in [0.15, 0.2) is 0 Å². The molecular weight excluding hydrogens is 272 g/mol. The molecule has 0 saturated heterocycles. The molecule has 1 atom stereocenters. The molecule has 1 N–H and O–H groups in total. The third-order valence-corrected chi connectivity index (χ3v) is 5.06. The molecule has 1 fully saturated rings. The minimum absolute atomic E-state index is 0.363. The minimum Gasteiger partial charge on any atom is -0.390 e. The molecule has 1 aromatic carbocycles.